The second kappa shape index (κ2) is 8.17. The molecule has 0 saturated heterocycles. The van der Waals surface area contributed by atoms with E-state index in [1.54, 1.807) is 6.92 Å². The molecule has 0 fully saturated rings. The van der Waals surface area contributed by atoms with Gasteiger partial charge in [-0.1, -0.05) is 12.1 Å². The molecule has 1 amide bonds. The normalized spacial score (nSPS) is 12.1. The van der Waals surface area contributed by atoms with E-state index in [4.69, 9.17) is 4.74 Å². The molecular weight excluding hydrogens is 375 g/mol. The molecule has 27 heavy (non-hydrogen) atoms. The molecule has 0 aliphatic carbocycles. The van der Waals surface area contributed by atoms with Crippen LogP contribution in [0.3, 0.4) is 0 Å². The number of benzene rings is 2. The molecule has 2 aromatic rings. The number of hydrogen-bond acceptors (Lipinski definition) is 5. The van der Waals surface area contributed by atoms with Gasteiger partial charge in [-0.25, -0.2) is 17.6 Å². The standard InChI is InChI=1S/C18H19FN2O5S/c1-11-7-8-14(10-16(11)19)20-17(22)12(2)26-18(23)13-5-4-6-15(9-13)21-27(3,24)25/h4-10,12,21H,1-3H3,(H,20,22). The Bertz CT molecular complexity index is 975. The SMILES string of the molecule is Cc1ccc(NC(=O)C(C)OC(=O)c2cccc(NS(C)(=O)=O)c2)cc1F. The third kappa shape index (κ3) is 6.07. The molecule has 2 aromatic carbocycles. The van der Waals surface area contributed by atoms with Crippen LogP contribution in [0.1, 0.15) is 22.8 Å². The number of ether oxygens (including phenoxy) is 1. The van der Waals surface area contributed by atoms with E-state index in [-0.39, 0.29) is 16.9 Å². The number of aryl methyl sites for hydroxylation is 1. The summed E-state index contributed by atoms with van der Waals surface area (Å²) in [5.74, 6) is -1.89. The van der Waals surface area contributed by atoms with Crippen molar-refractivity contribution in [3.05, 3.63) is 59.4 Å². The van der Waals surface area contributed by atoms with Gasteiger partial charge in [-0.15, -0.1) is 0 Å². The molecule has 7 nitrogen and oxygen atoms in total. The van der Waals surface area contributed by atoms with Crippen LogP contribution in [0.15, 0.2) is 42.5 Å². The molecule has 2 rings (SSSR count). The van der Waals surface area contributed by atoms with Crippen LogP contribution >= 0.6 is 0 Å². The van der Waals surface area contributed by atoms with E-state index in [0.717, 1.165) is 6.26 Å². The Kier molecular flexibility index (Phi) is 6.17. The fourth-order valence-electron chi connectivity index (χ4n) is 2.12. The molecule has 144 valence electrons. The van der Waals surface area contributed by atoms with Gasteiger partial charge in [0.2, 0.25) is 10.0 Å². The summed E-state index contributed by atoms with van der Waals surface area (Å²) in [6.45, 7) is 2.97. The highest BCUT2D eigenvalue weighted by Gasteiger charge is 2.20. The largest absolute Gasteiger partial charge is 0.449 e. The fourth-order valence-corrected chi connectivity index (χ4v) is 2.68. The van der Waals surface area contributed by atoms with E-state index >= 15 is 0 Å². The number of carbonyl (C=O) groups is 2. The first-order valence-corrected chi connectivity index (χ1v) is 9.80. The zero-order valence-corrected chi connectivity index (χ0v) is 15.8. The molecule has 2 N–H and O–H groups in total. The van der Waals surface area contributed by atoms with Gasteiger partial charge < -0.3 is 10.1 Å². The predicted octanol–water partition coefficient (Wildman–Crippen LogP) is 2.69. The number of carbonyl (C=O) groups excluding carboxylic acids is 2. The molecule has 0 aliphatic rings. The lowest BCUT2D eigenvalue weighted by atomic mass is 10.2. The van der Waals surface area contributed by atoms with Crippen LogP contribution in [0.25, 0.3) is 0 Å². The summed E-state index contributed by atoms with van der Waals surface area (Å²) in [5.41, 5.74) is 0.948. The smallest absolute Gasteiger partial charge is 0.338 e. The third-order valence-corrected chi connectivity index (χ3v) is 4.10. The third-order valence-electron chi connectivity index (χ3n) is 3.49. The zero-order valence-electron chi connectivity index (χ0n) is 14.9. The molecular formula is C18H19FN2O5S. The highest BCUT2D eigenvalue weighted by atomic mass is 32.2. The van der Waals surface area contributed by atoms with Crippen molar-refractivity contribution in [2.45, 2.75) is 20.0 Å². The fraction of sp³-hybridized carbons (Fsp3) is 0.222. The topological polar surface area (TPSA) is 102 Å². The van der Waals surface area contributed by atoms with Crippen molar-refractivity contribution in [1.82, 2.24) is 0 Å². The number of rotatable bonds is 6. The second-order valence-electron chi connectivity index (χ2n) is 5.96. The van der Waals surface area contributed by atoms with Gasteiger partial charge >= 0.3 is 5.97 Å². The van der Waals surface area contributed by atoms with Crippen molar-refractivity contribution >= 4 is 33.3 Å². The van der Waals surface area contributed by atoms with Gasteiger partial charge in [0.15, 0.2) is 6.10 Å². The van der Waals surface area contributed by atoms with Crippen LogP contribution in [-0.2, 0) is 19.6 Å². The minimum absolute atomic E-state index is 0.0738. The first-order chi connectivity index (χ1) is 12.5. The molecule has 0 saturated carbocycles. The summed E-state index contributed by atoms with van der Waals surface area (Å²) >= 11 is 0. The van der Waals surface area contributed by atoms with Gasteiger partial charge in [-0.05, 0) is 49.7 Å². The highest BCUT2D eigenvalue weighted by Crippen LogP contribution is 2.16. The monoisotopic (exact) mass is 394 g/mol. The van der Waals surface area contributed by atoms with Crippen molar-refractivity contribution in [3.63, 3.8) is 0 Å². The average Bonchev–Trinajstić information content (AvgIpc) is 2.56. The van der Waals surface area contributed by atoms with Gasteiger partial charge in [0.05, 0.1) is 11.8 Å². The second-order valence-corrected chi connectivity index (χ2v) is 7.70. The van der Waals surface area contributed by atoms with E-state index < -0.39 is 33.8 Å². The number of hydrogen-bond donors (Lipinski definition) is 2. The van der Waals surface area contributed by atoms with Crippen molar-refractivity contribution in [3.8, 4) is 0 Å². The van der Waals surface area contributed by atoms with Crippen molar-refractivity contribution in [2.24, 2.45) is 0 Å². The lowest BCUT2D eigenvalue weighted by Gasteiger charge is -2.14. The number of halogens is 1. The Morgan fingerprint density at radius 2 is 1.81 bits per heavy atom. The predicted molar refractivity (Wildman–Crippen MR) is 99.6 cm³/mol. The maximum atomic E-state index is 13.5. The lowest BCUT2D eigenvalue weighted by molar-refractivity contribution is -0.123. The lowest BCUT2D eigenvalue weighted by Crippen LogP contribution is -2.30. The van der Waals surface area contributed by atoms with E-state index in [1.165, 1.54) is 49.4 Å². The van der Waals surface area contributed by atoms with Gasteiger partial charge in [0.25, 0.3) is 5.91 Å². The molecule has 0 heterocycles. The Morgan fingerprint density at radius 3 is 2.44 bits per heavy atom. The summed E-state index contributed by atoms with van der Waals surface area (Å²) in [4.78, 5) is 24.3. The number of sulfonamides is 1. The summed E-state index contributed by atoms with van der Waals surface area (Å²) in [7, 11) is -3.49. The average molecular weight is 394 g/mol. The van der Waals surface area contributed by atoms with E-state index in [0.29, 0.717) is 5.56 Å². The van der Waals surface area contributed by atoms with Gasteiger partial charge in [-0.3, -0.25) is 9.52 Å². The molecule has 0 aromatic heterocycles. The number of nitrogens with one attached hydrogen (secondary N) is 2. The Labute approximate surface area is 156 Å². The van der Waals surface area contributed by atoms with Crippen molar-refractivity contribution in [2.75, 3.05) is 16.3 Å². The minimum atomic E-state index is -3.49. The summed E-state index contributed by atoms with van der Waals surface area (Å²) in [6, 6.07) is 9.89. The van der Waals surface area contributed by atoms with Crippen LogP contribution in [0.5, 0.6) is 0 Å². The summed E-state index contributed by atoms with van der Waals surface area (Å²) < 4.78 is 43.4. The first-order valence-electron chi connectivity index (χ1n) is 7.91. The van der Waals surface area contributed by atoms with Crippen LogP contribution in [-0.4, -0.2) is 32.7 Å². The van der Waals surface area contributed by atoms with Crippen LogP contribution in [0.2, 0.25) is 0 Å². The number of amides is 1. The summed E-state index contributed by atoms with van der Waals surface area (Å²) in [6.07, 6.45) is -0.161. The van der Waals surface area contributed by atoms with Gasteiger partial charge in [0.1, 0.15) is 5.82 Å². The molecule has 0 radical (unpaired) electrons. The van der Waals surface area contributed by atoms with E-state index in [1.807, 2.05) is 0 Å². The van der Waals surface area contributed by atoms with Gasteiger partial charge in [-0.2, -0.15) is 0 Å². The molecule has 0 spiro atoms. The Balaban J connectivity index is 2.03. The maximum Gasteiger partial charge on any atom is 0.338 e. The molecule has 1 unspecified atom stereocenters. The zero-order chi connectivity index (χ0) is 20.2. The number of esters is 1. The van der Waals surface area contributed by atoms with Gasteiger partial charge in [0, 0.05) is 11.4 Å². The van der Waals surface area contributed by atoms with E-state index in [2.05, 4.69) is 10.0 Å². The molecule has 0 aliphatic heterocycles. The first kappa shape index (κ1) is 20.4. The van der Waals surface area contributed by atoms with Crippen LogP contribution in [0, 0.1) is 12.7 Å². The Hall–Kier alpha value is -2.94. The molecule has 9 heteroatoms. The quantitative estimate of drug-likeness (QED) is 0.734. The Morgan fingerprint density at radius 1 is 1.11 bits per heavy atom. The minimum Gasteiger partial charge on any atom is -0.449 e. The van der Waals surface area contributed by atoms with Crippen LogP contribution < -0.4 is 10.0 Å². The van der Waals surface area contributed by atoms with Crippen molar-refractivity contribution in [1.29, 1.82) is 0 Å². The van der Waals surface area contributed by atoms with Crippen molar-refractivity contribution < 1.29 is 27.1 Å². The van der Waals surface area contributed by atoms with Crippen LogP contribution in [0.4, 0.5) is 15.8 Å². The maximum absolute atomic E-state index is 13.5. The summed E-state index contributed by atoms with van der Waals surface area (Å²) in [5, 5.41) is 2.46. The molecule has 0 bridgehead atoms. The molecule has 1 atom stereocenters. The number of anilines is 2. The highest BCUT2D eigenvalue weighted by molar-refractivity contribution is 7.92. The van der Waals surface area contributed by atoms with E-state index in [9.17, 15) is 22.4 Å².